The average Bonchev–Trinajstić information content (AvgIpc) is 2.73. The SMILES string of the molecule is COc1cc2c(cc1OC)C1(CCN(c3nc(C)ccc3C(N)=O)CC1)OCC2. The molecule has 0 atom stereocenters. The molecule has 0 aliphatic carbocycles. The molecule has 3 heterocycles. The zero-order chi connectivity index (χ0) is 20.6. The fourth-order valence-electron chi connectivity index (χ4n) is 4.46. The number of methoxy groups -OCH3 is 2. The van der Waals surface area contributed by atoms with Crippen LogP contribution in [0, 0.1) is 6.92 Å². The number of aryl methyl sites for hydroxylation is 1. The summed E-state index contributed by atoms with van der Waals surface area (Å²) in [6.07, 6.45) is 2.44. The Hall–Kier alpha value is -2.80. The number of nitrogens with zero attached hydrogens (tertiary/aromatic N) is 2. The minimum absolute atomic E-state index is 0.361. The van der Waals surface area contributed by atoms with Crippen LogP contribution < -0.4 is 20.1 Å². The number of fused-ring (bicyclic) bond motifs is 2. The number of benzene rings is 1. The molecule has 2 N–H and O–H groups in total. The molecule has 1 saturated heterocycles. The van der Waals surface area contributed by atoms with Crippen LogP contribution in [0.25, 0.3) is 0 Å². The monoisotopic (exact) mass is 397 g/mol. The minimum atomic E-state index is -0.455. The number of pyridine rings is 1. The topological polar surface area (TPSA) is 86.9 Å². The predicted octanol–water partition coefficient (Wildman–Crippen LogP) is 2.57. The van der Waals surface area contributed by atoms with Gasteiger partial charge < -0.3 is 24.8 Å². The summed E-state index contributed by atoms with van der Waals surface area (Å²) in [6.45, 7) is 4.05. The van der Waals surface area contributed by atoms with E-state index < -0.39 is 5.91 Å². The van der Waals surface area contributed by atoms with Crippen LogP contribution in [0.5, 0.6) is 11.5 Å². The Balaban J connectivity index is 1.64. The Kier molecular flexibility index (Phi) is 5.08. The molecule has 1 amide bonds. The normalized spacial score (nSPS) is 17.7. The maximum Gasteiger partial charge on any atom is 0.252 e. The summed E-state index contributed by atoms with van der Waals surface area (Å²) < 4.78 is 17.4. The largest absolute Gasteiger partial charge is 0.493 e. The Bertz CT molecular complexity index is 936. The highest BCUT2D eigenvalue weighted by Crippen LogP contribution is 2.45. The maximum absolute atomic E-state index is 11.9. The minimum Gasteiger partial charge on any atom is -0.493 e. The van der Waals surface area contributed by atoms with Gasteiger partial charge in [-0.3, -0.25) is 4.79 Å². The van der Waals surface area contributed by atoms with Gasteiger partial charge in [0.25, 0.3) is 5.91 Å². The predicted molar refractivity (Wildman–Crippen MR) is 110 cm³/mol. The molecular weight excluding hydrogens is 370 g/mol. The first kappa shape index (κ1) is 19.5. The van der Waals surface area contributed by atoms with E-state index in [0.717, 1.165) is 49.5 Å². The van der Waals surface area contributed by atoms with Crippen molar-refractivity contribution in [3.8, 4) is 11.5 Å². The van der Waals surface area contributed by atoms with Crippen molar-refractivity contribution < 1.29 is 19.0 Å². The van der Waals surface area contributed by atoms with E-state index in [0.29, 0.717) is 18.0 Å². The second-order valence-corrected chi connectivity index (χ2v) is 7.63. The Labute approximate surface area is 170 Å². The van der Waals surface area contributed by atoms with Crippen molar-refractivity contribution in [1.29, 1.82) is 0 Å². The van der Waals surface area contributed by atoms with E-state index in [-0.39, 0.29) is 5.60 Å². The molecule has 7 nitrogen and oxygen atoms in total. The van der Waals surface area contributed by atoms with E-state index in [9.17, 15) is 4.79 Å². The van der Waals surface area contributed by atoms with Crippen LogP contribution >= 0.6 is 0 Å². The van der Waals surface area contributed by atoms with Crippen molar-refractivity contribution >= 4 is 11.7 Å². The lowest BCUT2D eigenvalue weighted by molar-refractivity contribution is -0.0768. The second kappa shape index (κ2) is 7.55. The standard InChI is InChI=1S/C22H27N3O4/c1-14-4-5-16(20(23)26)21(24-14)25-9-7-22(8-10-25)17-13-19(28-3)18(27-2)12-15(17)6-11-29-22/h4-5,12-13H,6-11H2,1-3H3,(H2,23,26). The summed E-state index contributed by atoms with van der Waals surface area (Å²) in [6, 6.07) is 7.70. The highest BCUT2D eigenvalue weighted by Gasteiger charge is 2.42. The van der Waals surface area contributed by atoms with Crippen LogP contribution in [0.15, 0.2) is 24.3 Å². The number of ether oxygens (including phenoxy) is 3. The van der Waals surface area contributed by atoms with Crippen molar-refractivity contribution in [3.63, 3.8) is 0 Å². The molecular formula is C22H27N3O4. The third kappa shape index (κ3) is 3.40. The molecule has 1 spiro atoms. The van der Waals surface area contributed by atoms with Gasteiger partial charge in [0.05, 0.1) is 32.0 Å². The third-order valence-electron chi connectivity index (χ3n) is 6.00. The first-order valence-corrected chi connectivity index (χ1v) is 9.89. The number of piperidine rings is 1. The number of amides is 1. The van der Waals surface area contributed by atoms with E-state index in [2.05, 4.69) is 22.0 Å². The molecule has 2 aliphatic rings. The molecule has 2 aromatic rings. The zero-order valence-corrected chi connectivity index (χ0v) is 17.2. The van der Waals surface area contributed by atoms with Crippen molar-refractivity contribution in [3.05, 3.63) is 46.6 Å². The van der Waals surface area contributed by atoms with Crippen molar-refractivity contribution in [2.75, 3.05) is 38.8 Å². The summed E-state index contributed by atoms with van der Waals surface area (Å²) in [5.74, 6) is 1.67. The summed E-state index contributed by atoms with van der Waals surface area (Å²) in [5.41, 5.74) is 8.96. The van der Waals surface area contributed by atoms with Crippen LogP contribution in [0.3, 0.4) is 0 Å². The van der Waals surface area contributed by atoms with Gasteiger partial charge in [-0.05, 0) is 61.6 Å². The Morgan fingerprint density at radius 3 is 2.52 bits per heavy atom. The van der Waals surface area contributed by atoms with Gasteiger partial charge in [0, 0.05) is 18.8 Å². The molecule has 7 heteroatoms. The lowest BCUT2D eigenvalue weighted by Gasteiger charge is -2.45. The molecule has 154 valence electrons. The number of primary amides is 1. The first-order chi connectivity index (χ1) is 14.0. The van der Waals surface area contributed by atoms with Crippen molar-refractivity contribution in [2.45, 2.75) is 31.8 Å². The Morgan fingerprint density at radius 1 is 1.17 bits per heavy atom. The van der Waals surface area contributed by atoms with Gasteiger partial charge in [-0.25, -0.2) is 4.98 Å². The van der Waals surface area contributed by atoms with Gasteiger partial charge in [-0.1, -0.05) is 0 Å². The first-order valence-electron chi connectivity index (χ1n) is 9.89. The van der Waals surface area contributed by atoms with Crippen LogP contribution in [0.4, 0.5) is 5.82 Å². The molecule has 1 fully saturated rings. The van der Waals surface area contributed by atoms with E-state index in [1.165, 1.54) is 11.1 Å². The second-order valence-electron chi connectivity index (χ2n) is 7.63. The molecule has 0 saturated carbocycles. The number of carbonyl (C=O) groups excluding carboxylic acids is 1. The summed E-state index contributed by atoms with van der Waals surface area (Å²) in [7, 11) is 3.31. The molecule has 0 bridgehead atoms. The van der Waals surface area contributed by atoms with Gasteiger partial charge in [-0.15, -0.1) is 0 Å². The van der Waals surface area contributed by atoms with E-state index in [1.54, 1.807) is 20.3 Å². The van der Waals surface area contributed by atoms with Gasteiger partial charge >= 0.3 is 0 Å². The smallest absolute Gasteiger partial charge is 0.252 e. The number of hydrogen-bond acceptors (Lipinski definition) is 6. The number of carbonyl (C=O) groups is 1. The summed E-state index contributed by atoms with van der Waals surface area (Å²) in [4.78, 5) is 18.6. The molecule has 29 heavy (non-hydrogen) atoms. The van der Waals surface area contributed by atoms with Gasteiger partial charge in [0.2, 0.25) is 0 Å². The molecule has 0 radical (unpaired) electrons. The summed E-state index contributed by atoms with van der Waals surface area (Å²) in [5, 5.41) is 0. The van der Waals surface area contributed by atoms with Gasteiger partial charge in [0.15, 0.2) is 11.5 Å². The molecule has 1 aromatic heterocycles. The highest BCUT2D eigenvalue weighted by molar-refractivity contribution is 5.97. The van der Waals surface area contributed by atoms with Crippen LogP contribution in [0.2, 0.25) is 0 Å². The van der Waals surface area contributed by atoms with Crippen molar-refractivity contribution in [1.82, 2.24) is 4.98 Å². The van der Waals surface area contributed by atoms with Crippen LogP contribution in [0.1, 0.15) is 40.0 Å². The summed E-state index contributed by atoms with van der Waals surface area (Å²) >= 11 is 0. The highest BCUT2D eigenvalue weighted by atomic mass is 16.5. The van der Waals surface area contributed by atoms with Gasteiger partial charge in [0.1, 0.15) is 5.82 Å². The number of nitrogens with two attached hydrogens (primary N) is 1. The number of hydrogen-bond donors (Lipinski definition) is 1. The quantitative estimate of drug-likeness (QED) is 0.853. The molecule has 4 rings (SSSR count). The number of anilines is 1. The van der Waals surface area contributed by atoms with E-state index in [4.69, 9.17) is 19.9 Å². The zero-order valence-electron chi connectivity index (χ0n) is 17.2. The molecule has 0 unspecified atom stereocenters. The lowest BCUT2D eigenvalue weighted by atomic mass is 9.79. The van der Waals surface area contributed by atoms with Crippen LogP contribution in [-0.4, -0.2) is 44.8 Å². The Morgan fingerprint density at radius 2 is 1.86 bits per heavy atom. The van der Waals surface area contributed by atoms with E-state index >= 15 is 0 Å². The van der Waals surface area contributed by atoms with E-state index in [1.807, 2.05) is 13.0 Å². The molecule has 1 aromatic carbocycles. The van der Waals surface area contributed by atoms with Crippen molar-refractivity contribution in [2.24, 2.45) is 5.73 Å². The fraction of sp³-hybridized carbons (Fsp3) is 0.455. The fourth-order valence-corrected chi connectivity index (χ4v) is 4.46. The lowest BCUT2D eigenvalue weighted by Crippen LogP contribution is -2.47. The number of aromatic nitrogens is 1. The van der Waals surface area contributed by atoms with Crippen LogP contribution in [-0.2, 0) is 16.8 Å². The average molecular weight is 397 g/mol. The maximum atomic E-state index is 11.9. The number of rotatable bonds is 4. The third-order valence-corrected chi connectivity index (χ3v) is 6.00. The molecule has 2 aliphatic heterocycles. The van der Waals surface area contributed by atoms with Gasteiger partial charge in [-0.2, -0.15) is 0 Å².